The third kappa shape index (κ3) is 5.33. The van der Waals surface area contributed by atoms with Gasteiger partial charge in [-0.3, -0.25) is 4.79 Å². The average Bonchev–Trinajstić information content (AvgIpc) is 2.49. The van der Waals surface area contributed by atoms with Gasteiger partial charge in [-0.15, -0.1) is 0 Å². The van der Waals surface area contributed by atoms with E-state index in [4.69, 9.17) is 5.73 Å². The number of carbonyl (C=O) groups is 1. The van der Waals surface area contributed by atoms with Crippen LogP contribution < -0.4 is 10.6 Å². The van der Waals surface area contributed by atoms with Gasteiger partial charge in [0.2, 0.25) is 5.91 Å². The minimum atomic E-state index is 0.182. The molecule has 20 heavy (non-hydrogen) atoms. The molecule has 3 nitrogen and oxygen atoms in total. The molecule has 0 unspecified atom stereocenters. The summed E-state index contributed by atoms with van der Waals surface area (Å²) in [4.78, 5) is 13.9. The first kappa shape index (κ1) is 16.7. The third-order valence-electron chi connectivity index (χ3n) is 3.69. The molecule has 0 heterocycles. The fraction of sp³-hybridized carbons (Fsp3) is 0.588. The van der Waals surface area contributed by atoms with Crippen molar-refractivity contribution in [3.8, 4) is 0 Å². The van der Waals surface area contributed by atoms with Crippen molar-refractivity contribution < 1.29 is 4.79 Å². The molecule has 0 aliphatic carbocycles. The molecule has 0 atom stereocenters. The molecule has 0 aliphatic heterocycles. The number of hydrogen-bond donors (Lipinski definition) is 1. The van der Waals surface area contributed by atoms with E-state index in [0.29, 0.717) is 13.0 Å². The van der Waals surface area contributed by atoms with Crippen LogP contribution in [0.2, 0.25) is 0 Å². The molecule has 1 amide bonds. The molecule has 0 fully saturated rings. The number of benzene rings is 1. The van der Waals surface area contributed by atoms with Crippen LogP contribution >= 0.6 is 0 Å². The van der Waals surface area contributed by atoms with Gasteiger partial charge < -0.3 is 10.6 Å². The highest BCUT2D eigenvalue weighted by Crippen LogP contribution is 2.20. The van der Waals surface area contributed by atoms with E-state index in [-0.39, 0.29) is 5.91 Å². The van der Waals surface area contributed by atoms with Gasteiger partial charge in [0, 0.05) is 25.7 Å². The van der Waals surface area contributed by atoms with E-state index in [1.165, 1.54) is 25.7 Å². The Bertz CT molecular complexity index is 404. The van der Waals surface area contributed by atoms with E-state index in [1.807, 2.05) is 31.3 Å². The number of unbranched alkanes of at least 4 members (excludes halogenated alkanes) is 5. The zero-order valence-corrected chi connectivity index (χ0v) is 12.9. The van der Waals surface area contributed by atoms with E-state index < -0.39 is 0 Å². The lowest BCUT2D eigenvalue weighted by Gasteiger charge is -2.20. The van der Waals surface area contributed by atoms with Gasteiger partial charge in [-0.2, -0.15) is 0 Å². The number of para-hydroxylation sites is 1. The van der Waals surface area contributed by atoms with Crippen LogP contribution in [-0.2, 0) is 11.3 Å². The molecule has 0 radical (unpaired) electrons. The maximum atomic E-state index is 12.2. The Hall–Kier alpha value is -1.35. The molecular weight excluding hydrogens is 248 g/mol. The Morgan fingerprint density at radius 3 is 2.45 bits per heavy atom. The second kappa shape index (κ2) is 9.54. The highest BCUT2D eigenvalue weighted by atomic mass is 16.2. The number of amides is 1. The van der Waals surface area contributed by atoms with E-state index in [1.54, 1.807) is 4.90 Å². The van der Waals surface area contributed by atoms with Gasteiger partial charge in [-0.05, 0) is 18.1 Å². The zero-order valence-electron chi connectivity index (χ0n) is 12.9. The topological polar surface area (TPSA) is 46.3 Å². The Labute approximate surface area is 123 Å². The summed E-state index contributed by atoms with van der Waals surface area (Å²) >= 11 is 0. The van der Waals surface area contributed by atoms with Crippen molar-refractivity contribution >= 4 is 11.6 Å². The number of hydrogen-bond acceptors (Lipinski definition) is 2. The predicted octanol–water partition coefficient (Wildman–Crippen LogP) is 3.86. The molecule has 0 saturated heterocycles. The summed E-state index contributed by atoms with van der Waals surface area (Å²) in [7, 11) is 1.84. The standard InChI is InChI=1S/C17H28N2O/c1-3-4-5-6-7-8-13-17(20)19(2)16-12-10-9-11-15(16)14-18/h9-12H,3-8,13-14,18H2,1-2H3. The quantitative estimate of drug-likeness (QED) is 0.696. The Morgan fingerprint density at radius 1 is 1.10 bits per heavy atom. The maximum Gasteiger partial charge on any atom is 0.226 e. The zero-order chi connectivity index (χ0) is 14.8. The van der Waals surface area contributed by atoms with Gasteiger partial charge in [0.15, 0.2) is 0 Å². The third-order valence-corrected chi connectivity index (χ3v) is 3.69. The molecule has 0 saturated carbocycles. The lowest BCUT2D eigenvalue weighted by molar-refractivity contribution is -0.118. The smallest absolute Gasteiger partial charge is 0.226 e. The van der Waals surface area contributed by atoms with Crippen molar-refractivity contribution in [1.82, 2.24) is 0 Å². The molecule has 0 aromatic heterocycles. The van der Waals surface area contributed by atoms with Crippen LogP contribution in [0.5, 0.6) is 0 Å². The number of anilines is 1. The SMILES string of the molecule is CCCCCCCCC(=O)N(C)c1ccccc1CN. The van der Waals surface area contributed by atoms with Gasteiger partial charge in [0.25, 0.3) is 0 Å². The molecule has 0 aliphatic rings. The highest BCUT2D eigenvalue weighted by Gasteiger charge is 2.12. The fourth-order valence-electron chi connectivity index (χ4n) is 2.37. The van der Waals surface area contributed by atoms with E-state index in [0.717, 1.165) is 24.1 Å². The van der Waals surface area contributed by atoms with Crippen LogP contribution in [0.1, 0.15) is 57.4 Å². The molecule has 0 bridgehead atoms. The number of nitrogens with zero attached hydrogens (tertiary/aromatic N) is 1. The Kier molecular flexibility index (Phi) is 7.97. The van der Waals surface area contributed by atoms with Gasteiger partial charge >= 0.3 is 0 Å². The number of carbonyl (C=O) groups excluding carboxylic acids is 1. The lowest BCUT2D eigenvalue weighted by Crippen LogP contribution is -2.27. The van der Waals surface area contributed by atoms with Crippen LogP contribution in [-0.4, -0.2) is 13.0 Å². The molecule has 1 aromatic rings. The minimum Gasteiger partial charge on any atom is -0.326 e. The van der Waals surface area contributed by atoms with Crippen molar-refractivity contribution in [2.45, 2.75) is 58.4 Å². The van der Waals surface area contributed by atoms with Crippen molar-refractivity contribution in [3.05, 3.63) is 29.8 Å². The summed E-state index contributed by atoms with van der Waals surface area (Å²) in [5.41, 5.74) is 7.67. The van der Waals surface area contributed by atoms with Gasteiger partial charge in [0.05, 0.1) is 0 Å². The van der Waals surface area contributed by atoms with Crippen molar-refractivity contribution in [2.75, 3.05) is 11.9 Å². The summed E-state index contributed by atoms with van der Waals surface area (Å²) in [6.45, 7) is 2.68. The molecule has 1 aromatic carbocycles. The first-order valence-electron chi connectivity index (χ1n) is 7.75. The van der Waals surface area contributed by atoms with E-state index in [9.17, 15) is 4.79 Å². The second-order valence-electron chi connectivity index (χ2n) is 5.30. The monoisotopic (exact) mass is 276 g/mol. The summed E-state index contributed by atoms with van der Waals surface area (Å²) < 4.78 is 0. The van der Waals surface area contributed by atoms with Gasteiger partial charge in [-0.1, -0.05) is 57.2 Å². The summed E-state index contributed by atoms with van der Waals surface area (Å²) in [5.74, 6) is 0.182. The fourth-order valence-corrected chi connectivity index (χ4v) is 2.37. The summed E-state index contributed by atoms with van der Waals surface area (Å²) in [5, 5.41) is 0. The molecule has 2 N–H and O–H groups in total. The molecular formula is C17H28N2O. The van der Waals surface area contributed by atoms with Crippen LogP contribution in [0, 0.1) is 0 Å². The lowest BCUT2D eigenvalue weighted by atomic mass is 10.1. The van der Waals surface area contributed by atoms with Crippen LogP contribution in [0.4, 0.5) is 5.69 Å². The largest absolute Gasteiger partial charge is 0.326 e. The van der Waals surface area contributed by atoms with Crippen LogP contribution in [0.15, 0.2) is 24.3 Å². The normalized spacial score (nSPS) is 10.6. The van der Waals surface area contributed by atoms with Crippen molar-refractivity contribution in [3.63, 3.8) is 0 Å². The second-order valence-corrected chi connectivity index (χ2v) is 5.30. The van der Waals surface area contributed by atoms with Gasteiger partial charge in [-0.25, -0.2) is 0 Å². The van der Waals surface area contributed by atoms with Gasteiger partial charge in [0.1, 0.15) is 0 Å². The molecule has 0 spiro atoms. The minimum absolute atomic E-state index is 0.182. The van der Waals surface area contributed by atoms with Crippen LogP contribution in [0.25, 0.3) is 0 Å². The number of nitrogens with two attached hydrogens (primary N) is 1. The summed E-state index contributed by atoms with van der Waals surface area (Å²) in [6, 6.07) is 7.84. The first-order chi connectivity index (χ1) is 9.70. The van der Waals surface area contributed by atoms with E-state index >= 15 is 0 Å². The van der Waals surface area contributed by atoms with Crippen LogP contribution in [0.3, 0.4) is 0 Å². The Balaban J connectivity index is 2.39. The molecule has 1 rings (SSSR count). The first-order valence-corrected chi connectivity index (χ1v) is 7.75. The van der Waals surface area contributed by atoms with Crippen molar-refractivity contribution in [2.24, 2.45) is 5.73 Å². The predicted molar refractivity (Wildman–Crippen MR) is 85.7 cm³/mol. The Morgan fingerprint density at radius 2 is 1.75 bits per heavy atom. The molecule has 3 heteroatoms. The highest BCUT2D eigenvalue weighted by molar-refractivity contribution is 5.93. The van der Waals surface area contributed by atoms with Crippen molar-refractivity contribution in [1.29, 1.82) is 0 Å². The average molecular weight is 276 g/mol. The molecule has 112 valence electrons. The number of rotatable bonds is 9. The van der Waals surface area contributed by atoms with E-state index in [2.05, 4.69) is 6.92 Å². The summed E-state index contributed by atoms with van der Waals surface area (Å²) in [6.07, 6.45) is 7.85. The maximum absolute atomic E-state index is 12.2.